The molecule has 0 heterocycles. The summed E-state index contributed by atoms with van der Waals surface area (Å²) in [5, 5.41) is 27.7. The van der Waals surface area contributed by atoms with Crippen molar-refractivity contribution in [2.24, 2.45) is 0 Å². The van der Waals surface area contributed by atoms with E-state index in [4.69, 9.17) is 5.11 Å². The Morgan fingerprint density at radius 2 is 1.67 bits per heavy atom. The topological polar surface area (TPSA) is 60.7 Å². The van der Waals surface area contributed by atoms with Crippen molar-refractivity contribution in [3.63, 3.8) is 0 Å². The highest BCUT2D eigenvalue weighted by molar-refractivity contribution is 8.00. The summed E-state index contributed by atoms with van der Waals surface area (Å²) in [6, 6.07) is 5.09. The van der Waals surface area contributed by atoms with Gasteiger partial charge in [-0.15, -0.1) is 0 Å². The van der Waals surface area contributed by atoms with E-state index in [1.165, 1.54) is 24.3 Å². The Morgan fingerprint density at radius 1 is 1.11 bits per heavy atom. The molecule has 0 aromatic heterocycles. The summed E-state index contributed by atoms with van der Waals surface area (Å²) in [7, 11) is 0. The van der Waals surface area contributed by atoms with Crippen molar-refractivity contribution in [3.05, 3.63) is 29.8 Å². The summed E-state index contributed by atoms with van der Waals surface area (Å²) >= 11 is -0.244. The molecule has 102 valence electrons. The normalized spacial score (nSPS) is 15.4. The Morgan fingerprint density at radius 3 is 2.11 bits per heavy atom. The van der Waals surface area contributed by atoms with Gasteiger partial charge < -0.3 is 15.3 Å². The fourth-order valence-electron chi connectivity index (χ4n) is 1.38. The molecule has 0 aliphatic carbocycles. The molecule has 0 aliphatic heterocycles. The molecular weight excluding hydrogens is 269 g/mol. The fourth-order valence-corrected chi connectivity index (χ4v) is 1.92. The third kappa shape index (κ3) is 4.85. The van der Waals surface area contributed by atoms with Gasteiger partial charge in [-0.05, 0) is 35.9 Å². The van der Waals surface area contributed by atoms with E-state index in [-0.39, 0.29) is 29.7 Å². The highest BCUT2D eigenvalue weighted by Crippen LogP contribution is 2.37. The molecule has 0 fully saturated rings. The Balaban J connectivity index is 2.70. The van der Waals surface area contributed by atoms with E-state index in [1.807, 2.05) is 0 Å². The van der Waals surface area contributed by atoms with Gasteiger partial charge >= 0.3 is 5.51 Å². The van der Waals surface area contributed by atoms with Crippen LogP contribution in [0.4, 0.5) is 13.2 Å². The second-order valence-electron chi connectivity index (χ2n) is 3.64. The minimum absolute atomic E-state index is 0.000217. The van der Waals surface area contributed by atoms with Crippen molar-refractivity contribution >= 4 is 11.8 Å². The first-order valence-corrected chi connectivity index (χ1v) is 5.98. The maximum atomic E-state index is 12.1. The lowest BCUT2D eigenvalue weighted by Gasteiger charge is -2.17. The Hall–Kier alpha value is -0.760. The predicted molar refractivity (Wildman–Crippen MR) is 61.0 cm³/mol. The van der Waals surface area contributed by atoms with Gasteiger partial charge in [-0.2, -0.15) is 13.2 Å². The van der Waals surface area contributed by atoms with E-state index < -0.39 is 17.7 Å². The molecular formula is C11H13F3O3S. The van der Waals surface area contributed by atoms with Crippen LogP contribution in [0.3, 0.4) is 0 Å². The highest BCUT2D eigenvalue weighted by atomic mass is 32.2. The number of halogens is 3. The van der Waals surface area contributed by atoms with E-state index in [0.717, 1.165) is 0 Å². The van der Waals surface area contributed by atoms with Gasteiger partial charge in [0, 0.05) is 11.5 Å². The molecule has 0 saturated carbocycles. The number of thioether (sulfide) groups is 1. The number of aliphatic hydroxyl groups is 3. The number of hydrogen-bond donors (Lipinski definition) is 3. The van der Waals surface area contributed by atoms with Crippen LogP contribution >= 0.6 is 11.8 Å². The van der Waals surface area contributed by atoms with Crippen LogP contribution in [-0.4, -0.2) is 33.5 Å². The number of alkyl halides is 3. The molecule has 0 amide bonds. The largest absolute Gasteiger partial charge is 0.446 e. The van der Waals surface area contributed by atoms with Gasteiger partial charge in [0.25, 0.3) is 0 Å². The average Bonchev–Trinajstić information content (AvgIpc) is 2.27. The van der Waals surface area contributed by atoms with E-state index in [0.29, 0.717) is 5.56 Å². The average molecular weight is 282 g/mol. The zero-order valence-electron chi connectivity index (χ0n) is 9.26. The van der Waals surface area contributed by atoms with Crippen molar-refractivity contribution in [1.82, 2.24) is 0 Å². The van der Waals surface area contributed by atoms with Crippen LogP contribution in [0.25, 0.3) is 0 Å². The molecule has 3 nitrogen and oxygen atoms in total. The van der Waals surface area contributed by atoms with E-state index in [2.05, 4.69) is 0 Å². The summed E-state index contributed by atoms with van der Waals surface area (Å²) in [5.41, 5.74) is -4.04. The molecule has 0 saturated heterocycles. The van der Waals surface area contributed by atoms with Crippen molar-refractivity contribution in [3.8, 4) is 0 Å². The first-order chi connectivity index (χ1) is 8.33. The summed E-state index contributed by atoms with van der Waals surface area (Å²) in [4.78, 5) is 0.00935. The van der Waals surface area contributed by atoms with E-state index >= 15 is 0 Å². The van der Waals surface area contributed by atoms with Gasteiger partial charge in [0.15, 0.2) is 0 Å². The van der Waals surface area contributed by atoms with E-state index in [9.17, 15) is 23.4 Å². The van der Waals surface area contributed by atoms with Crippen LogP contribution in [0.2, 0.25) is 0 Å². The van der Waals surface area contributed by atoms with Crippen molar-refractivity contribution in [2.45, 2.75) is 29.0 Å². The van der Waals surface area contributed by atoms with Crippen LogP contribution in [0.5, 0.6) is 0 Å². The standard InChI is InChI=1S/C11H13F3O3S/c12-11(13,14)18-8-3-1-7(2-4-8)10(17)9(16)5-6-15/h1-4,9-10,15-17H,5-6H2. The highest BCUT2D eigenvalue weighted by Gasteiger charge is 2.29. The van der Waals surface area contributed by atoms with Gasteiger partial charge in [0.1, 0.15) is 6.10 Å². The van der Waals surface area contributed by atoms with Crippen LogP contribution in [0.1, 0.15) is 18.1 Å². The summed E-state index contributed by atoms with van der Waals surface area (Å²) in [6.07, 6.45) is -2.36. The first kappa shape index (κ1) is 15.3. The molecule has 1 rings (SSSR count). The quantitative estimate of drug-likeness (QED) is 0.724. The lowest BCUT2D eigenvalue weighted by molar-refractivity contribution is -0.0328. The molecule has 7 heteroatoms. The number of benzene rings is 1. The van der Waals surface area contributed by atoms with E-state index in [1.54, 1.807) is 0 Å². The van der Waals surface area contributed by atoms with Crippen molar-refractivity contribution < 1.29 is 28.5 Å². The van der Waals surface area contributed by atoms with Gasteiger partial charge in [-0.1, -0.05) is 12.1 Å². The van der Waals surface area contributed by atoms with Gasteiger partial charge in [0.2, 0.25) is 0 Å². The molecule has 2 atom stereocenters. The van der Waals surface area contributed by atoms with Crippen LogP contribution in [0.15, 0.2) is 29.2 Å². The zero-order valence-corrected chi connectivity index (χ0v) is 10.1. The maximum Gasteiger partial charge on any atom is 0.446 e. The van der Waals surface area contributed by atoms with Gasteiger partial charge in [-0.25, -0.2) is 0 Å². The monoisotopic (exact) mass is 282 g/mol. The SMILES string of the molecule is OCCC(O)C(O)c1ccc(SC(F)(F)F)cc1. The predicted octanol–water partition coefficient (Wildman–Crippen LogP) is 2.08. The van der Waals surface area contributed by atoms with Crippen LogP contribution < -0.4 is 0 Å². The number of rotatable bonds is 5. The lowest BCUT2D eigenvalue weighted by Crippen LogP contribution is -2.19. The third-order valence-electron chi connectivity index (χ3n) is 2.24. The first-order valence-electron chi connectivity index (χ1n) is 5.16. The molecule has 3 N–H and O–H groups in total. The Bertz CT molecular complexity index is 367. The van der Waals surface area contributed by atoms with Crippen molar-refractivity contribution in [1.29, 1.82) is 0 Å². The molecule has 0 bridgehead atoms. The molecule has 0 aliphatic rings. The summed E-state index contributed by atoms with van der Waals surface area (Å²) < 4.78 is 36.2. The summed E-state index contributed by atoms with van der Waals surface area (Å²) in [5.74, 6) is 0. The molecule has 0 spiro atoms. The second kappa shape index (κ2) is 6.42. The lowest BCUT2D eigenvalue weighted by atomic mass is 10.0. The molecule has 1 aromatic rings. The fraction of sp³-hybridized carbons (Fsp3) is 0.455. The zero-order chi connectivity index (χ0) is 13.8. The smallest absolute Gasteiger partial charge is 0.396 e. The third-order valence-corrected chi connectivity index (χ3v) is 2.98. The Labute approximate surface area is 106 Å². The molecule has 2 unspecified atom stereocenters. The number of hydrogen-bond acceptors (Lipinski definition) is 4. The Kier molecular flexibility index (Phi) is 5.46. The van der Waals surface area contributed by atoms with Gasteiger partial charge in [0.05, 0.1) is 6.10 Å². The minimum Gasteiger partial charge on any atom is -0.396 e. The minimum atomic E-state index is -4.35. The van der Waals surface area contributed by atoms with Crippen LogP contribution in [0, 0.1) is 0 Å². The summed E-state index contributed by atoms with van der Waals surface area (Å²) in [6.45, 7) is -0.278. The van der Waals surface area contributed by atoms with Crippen LogP contribution in [-0.2, 0) is 0 Å². The molecule has 1 aromatic carbocycles. The van der Waals surface area contributed by atoms with Crippen molar-refractivity contribution in [2.75, 3.05) is 6.61 Å². The molecule has 0 radical (unpaired) electrons. The van der Waals surface area contributed by atoms with Gasteiger partial charge in [-0.3, -0.25) is 0 Å². The molecule has 18 heavy (non-hydrogen) atoms. The number of aliphatic hydroxyl groups excluding tert-OH is 3. The maximum absolute atomic E-state index is 12.1. The second-order valence-corrected chi connectivity index (χ2v) is 4.78.